The van der Waals surface area contributed by atoms with E-state index in [1.807, 2.05) is 6.07 Å². The number of furan rings is 1. The van der Waals surface area contributed by atoms with Crippen LogP contribution >= 0.6 is 11.3 Å². The van der Waals surface area contributed by atoms with Gasteiger partial charge < -0.3 is 9.15 Å². The third-order valence-electron chi connectivity index (χ3n) is 5.94. The van der Waals surface area contributed by atoms with Gasteiger partial charge in [-0.15, -0.1) is 0 Å². The molecule has 1 atom stereocenters. The molecule has 0 fully saturated rings. The van der Waals surface area contributed by atoms with Crippen molar-refractivity contribution in [3.63, 3.8) is 0 Å². The molecule has 2 aromatic carbocycles. The number of hydrogen-bond acceptors (Lipinski definition) is 6. The van der Waals surface area contributed by atoms with Gasteiger partial charge in [0.1, 0.15) is 11.5 Å². The van der Waals surface area contributed by atoms with Crippen molar-refractivity contribution in [2.75, 3.05) is 7.11 Å². The van der Waals surface area contributed by atoms with Crippen molar-refractivity contribution in [1.29, 1.82) is 0 Å². The van der Waals surface area contributed by atoms with Crippen LogP contribution in [0.4, 0.5) is 13.2 Å². The molecule has 0 N–H and O–H groups in total. The van der Waals surface area contributed by atoms with Crippen molar-refractivity contribution in [3.05, 3.63) is 115 Å². The first-order chi connectivity index (χ1) is 17.7. The molecule has 0 radical (unpaired) electrons. The highest BCUT2D eigenvalue weighted by Gasteiger charge is 2.34. The first kappa shape index (κ1) is 24.5. The smallest absolute Gasteiger partial charge is 0.417 e. The first-order valence-electron chi connectivity index (χ1n) is 11.1. The van der Waals surface area contributed by atoms with Crippen LogP contribution in [0.1, 0.15) is 29.9 Å². The fourth-order valence-corrected chi connectivity index (χ4v) is 5.32. The topological polar surface area (TPSA) is 73.8 Å². The van der Waals surface area contributed by atoms with Gasteiger partial charge in [0, 0.05) is 11.6 Å². The van der Waals surface area contributed by atoms with Gasteiger partial charge in [-0.05, 0) is 30.7 Å². The van der Waals surface area contributed by atoms with Crippen molar-refractivity contribution >= 4 is 23.4 Å². The molecule has 0 spiro atoms. The van der Waals surface area contributed by atoms with Gasteiger partial charge in [-0.1, -0.05) is 59.9 Å². The predicted octanol–water partition coefficient (Wildman–Crippen LogP) is 4.69. The summed E-state index contributed by atoms with van der Waals surface area (Å²) in [6, 6.07) is 16.3. The molecule has 188 valence electrons. The normalized spacial score (nSPS) is 15.9. The number of allylic oxidation sites excluding steroid dienone is 1. The number of aromatic nitrogens is 1. The van der Waals surface area contributed by atoms with E-state index in [1.54, 1.807) is 31.2 Å². The minimum Gasteiger partial charge on any atom is -0.466 e. The summed E-state index contributed by atoms with van der Waals surface area (Å²) in [6.45, 7) is 1.68. The molecule has 4 aromatic rings. The van der Waals surface area contributed by atoms with Gasteiger partial charge in [-0.3, -0.25) is 9.36 Å². The average Bonchev–Trinajstić information content (AvgIpc) is 3.47. The van der Waals surface area contributed by atoms with E-state index in [4.69, 9.17) is 9.15 Å². The number of esters is 1. The van der Waals surface area contributed by atoms with E-state index < -0.39 is 29.3 Å². The number of rotatable bonds is 4. The third-order valence-corrected chi connectivity index (χ3v) is 6.92. The highest BCUT2D eigenvalue weighted by atomic mass is 32.1. The number of alkyl halides is 3. The van der Waals surface area contributed by atoms with Crippen LogP contribution in [0.5, 0.6) is 0 Å². The minimum atomic E-state index is -4.55. The van der Waals surface area contributed by atoms with Crippen LogP contribution in [-0.4, -0.2) is 17.6 Å². The monoisotopic (exact) mass is 524 g/mol. The summed E-state index contributed by atoms with van der Waals surface area (Å²) in [4.78, 5) is 31.1. The lowest BCUT2D eigenvalue weighted by molar-refractivity contribution is -0.137. The van der Waals surface area contributed by atoms with E-state index >= 15 is 0 Å². The van der Waals surface area contributed by atoms with Crippen LogP contribution in [0, 0.1) is 0 Å². The number of hydrogen-bond donors (Lipinski definition) is 0. The molecule has 1 aliphatic rings. The molecule has 0 bridgehead atoms. The number of ether oxygens (including phenoxy) is 1. The van der Waals surface area contributed by atoms with Crippen LogP contribution in [0.15, 0.2) is 92.2 Å². The van der Waals surface area contributed by atoms with Crippen LogP contribution in [0.3, 0.4) is 0 Å². The van der Waals surface area contributed by atoms with E-state index in [0.717, 1.165) is 17.4 Å². The number of carbonyl (C=O) groups is 1. The third kappa shape index (κ3) is 4.44. The zero-order valence-corrected chi connectivity index (χ0v) is 20.4. The molecule has 2 aromatic heterocycles. The lowest BCUT2D eigenvalue weighted by Crippen LogP contribution is -2.39. The van der Waals surface area contributed by atoms with Gasteiger partial charge in [0.2, 0.25) is 0 Å². The maximum Gasteiger partial charge on any atom is 0.417 e. The Morgan fingerprint density at radius 3 is 2.49 bits per heavy atom. The predicted molar refractivity (Wildman–Crippen MR) is 131 cm³/mol. The van der Waals surface area contributed by atoms with Crippen molar-refractivity contribution in [2.45, 2.75) is 19.1 Å². The second kappa shape index (κ2) is 9.36. The summed E-state index contributed by atoms with van der Waals surface area (Å²) in [7, 11) is 1.27. The number of benzene rings is 2. The van der Waals surface area contributed by atoms with E-state index in [1.165, 1.54) is 48.1 Å². The number of carbonyl (C=O) groups excluding carboxylic acids is 1. The molecule has 1 aliphatic heterocycles. The Labute approximate surface area is 212 Å². The fraction of sp³-hybridized carbons (Fsp3) is 0.148. The minimum absolute atomic E-state index is 0.0259. The van der Waals surface area contributed by atoms with E-state index in [2.05, 4.69) is 4.99 Å². The number of methoxy groups -OCH3 is 1. The highest BCUT2D eigenvalue weighted by molar-refractivity contribution is 7.07. The van der Waals surface area contributed by atoms with Gasteiger partial charge in [0.05, 0.1) is 34.5 Å². The molecule has 10 heteroatoms. The molecule has 6 nitrogen and oxygen atoms in total. The Morgan fingerprint density at radius 2 is 1.78 bits per heavy atom. The molecule has 37 heavy (non-hydrogen) atoms. The maximum absolute atomic E-state index is 13.5. The number of fused-ring (bicyclic) bond motifs is 1. The molecule has 5 rings (SSSR count). The Hall–Kier alpha value is -4.18. The number of nitrogens with zero attached hydrogens (tertiary/aromatic N) is 2. The van der Waals surface area contributed by atoms with E-state index in [0.29, 0.717) is 16.1 Å². The highest BCUT2D eigenvalue weighted by Crippen LogP contribution is 2.37. The Kier molecular flexibility index (Phi) is 6.20. The van der Waals surface area contributed by atoms with E-state index in [-0.39, 0.29) is 27.2 Å². The lowest BCUT2D eigenvalue weighted by Gasteiger charge is -2.24. The molecular weight excluding hydrogens is 505 g/mol. The van der Waals surface area contributed by atoms with Crippen molar-refractivity contribution in [1.82, 2.24) is 4.57 Å². The molecular formula is C27H19F3N2O4S. The van der Waals surface area contributed by atoms with Crippen molar-refractivity contribution < 1.29 is 27.1 Å². The summed E-state index contributed by atoms with van der Waals surface area (Å²) < 4.78 is 52.7. The Morgan fingerprint density at radius 1 is 1.08 bits per heavy atom. The second-order valence-corrected chi connectivity index (χ2v) is 9.24. The zero-order valence-electron chi connectivity index (χ0n) is 19.6. The SMILES string of the molecule is COC(=O)C1=C(C)N=c2s/c(=C/c3ccc(-c4ccccc4C(F)(F)F)o3)c(=O)n2C1c1ccccc1. The number of thiazole rings is 1. The van der Waals surface area contributed by atoms with Gasteiger partial charge in [0.15, 0.2) is 4.80 Å². The summed E-state index contributed by atoms with van der Waals surface area (Å²) in [5, 5.41) is 0. The summed E-state index contributed by atoms with van der Waals surface area (Å²) in [5.74, 6) is -0.362. The first-order valence-corrected chi connectivity index (χ1v) is 11.9. The van der Waals surface area contributed by atoms with E-state index in [9.17, 15) is 22.8 Å². The van der Waals surface area contributed by atoms with Gasteiger partial charge in [0.25, 0.3) is 5.56 Å². The van der Waals surface area contributed by atoms with Crippen LogP contribution in [0.25, 0.3) is 17.4 Å². The summed E-state index contributed by atoms with van der Waals surface area (Å²) >= 11 is 1.09. The molecule has 0 amide bonds. The van der Waals surface area contributed by atoms with Crippen LogP contribution < -0.4 is 14.9 Å². The van der Waals surface area contributed by atoms with Crippen molar-refractivity contribution in [3.8, 4) is 11.3 Å². The van der Waals surface area contributed by atoms with Gasteiger partial charge in [-0.2, -0.15) is 13.2 Å². The molecule has 0 saturated heterocycles. The molecule has 0 aliphatic carbocycles. The van der Waals surface area contributed by atoms with Gasteiger partial charge >= 0.3 is 12.1 Å². The summed E-state index contributed by atoms with van der Waals surface area (Å²) in [6.07, 6.45) is -3.09. The number of halogens is 3. The lowest BCUT2D eigenvalue weighted by atomic mass is 9.96. The Balaban J connectivity index is 1.63. The average molecular weight is 525 g/mol. The van der Waals surface area contributed by atoms with Gasteiger partial charge in [-0.25, -0.2) is 9.79 Å². The quantitative estimate of drug-likeness (QED) is 0.363. The standard InChI is InChI=1S/C27H19F3N2O4S/c1-15-22(25(34)35-2)23(16-8-4-3-5-9-16)32-24(33)21(37-26(32)31-15)14-17-12-13-20(36-17)18-10-6-7-11-19(18)27(28,29)30/h3-14,23H,1-2H3/b21-14+. The molecule has 0 saturated carbocycles. The molecule has 3 heterocycles. The van der Waals surface area contributed by atoms with Crippen LogP contribution in [-0.2, 0) is 15.7 Å². The van der Waals surface area contributed by atoms with Crippen LogP contribution in [0.2, 0.25) is 0 Å². The largest absolute Gasteiger partial charge is 0.466 e. The molecule has 1 unspecified atom stereocenters. The zero-order chi connectivity index (χ0) is 26.3. The Bertz CT molecular complexity index is 1710. The second-order valence-electron chi connectivity index (χ2n) is 8.23. The maximum atomic E-state index is 13.5. The van der Waals surface area contributed by atoms with Crippen molar-refractivity contribution in [2.24, 2.45) is 4.99 Å². The fourth-order valence-electron chi connectivity index (χ4n) is 4.29. The summed E-state index contributed by atoms with van der Waals surface area (Å²) in [5.41, 5.74) is 0.0470.